The van der Waals surface area contributed by atoms with Gasteiger partial charge in [-0.1, -0.05) is 0 Å². The molecule has 0 aliphatic rings. The van der Waals surface area contributed by atoms with E-state index in [0.717, 1.165) is 9.40 Å². The highest BCUT2D eigenvalue weighted by Crippen LogP contribution is 2.37. The van der Waals surface area contributed by atoms with Gasteiger partial charge >= 0.3 is 0 Å². The van der Waals surface area contributed by atoms with E-state index in [1.807, 2.05) is 44.4 Å². The number of ketones is 2. The molecule has 0 radical (unpaired) electrons. The van der Waals surface area contributed by atoms with Crippen LogP contribution in [-0.4, -0.2) is 11.6 Å². The van der Waals surface area contributed by atoms with E-state index in [4.69, 9.17) is 0 Å². The predicted octanol–water partition coefficient (Wildman–Crippen LogP) is 5.55. The van der Waals surface area contributed by atoms with Gasteiger partial charge in [0.25, 0.3) is 0 Å². The summed E-state index contributed by atoms with van der Waals surface area (Å²) in [6, 6.07) is 3.67. The quantitative estimate of drug-likeness (QED) is 0.447. The Morgan fingerprint density at radius 2 is 1.14 bits per heavy atom. The smallest absolute Gasteiger partial charge is 0.196 e. The van der Waals surface area contributed by atoms with Gasteiger partial charge in [-0.25, -0.2) is 0 Å². The molecule has 4 aromatic heterocycles. The minimum absolute atomic E-state index is 0.0314. The van der Waals surface area contributed by atoms with Crippen LogP contribution in [0.4, 0.5) is 0 Å². The van der Waals surface area contributed by atoms with E-state index in [9.17, 15) is 9.59 Å². The zero-order valence-corrected chi connectivity index (χ0v) is 14.3. The zero-order chi connectivity index (χ0) is 15.1. The van der Waals surface area contributed by atoms with Gasteiger partial charge in [-0.3, -0.25) is 9.59 Å². The first-order chi connectivity index (χ1) is 10.8. The fraction of sp³-hybridized carbons (Fsp3) is 0. The summed E-state index contributed by atoms with van der Waals surface area (Å²) in [5, 5.41) is 11.2. The molecule has 6 heteroatoms. The van der Waals surface area contributed by atoms with Gasteiger partial charge in [-0.05, 0) is 22.9 Å². The number of rotatable bonds is 4. The van der Waals surface area contributed by atoms with E-state index < -0.39 is 0 Å². The van der Waals surface area contributed by atoms with E-state index in [-0.39, 0.29) is 11.6 Å². The molecular weight excluding hydrogens is 352 g/mol. The molecule has 0 spiro atoms. The van der Waals surface area contributed by atoms with Crippen LogP contribution in [-0.2, 0) is 0 Å². The first-order valence-electron chi connectivity index (χ1n) is 6.38. The second-order valence-corrected chi connectivity index (χ2v) is 7.96. The van der Waals surface area contributed by atoms with Crippen molar-refractivity contribution >= 4 is 66.3 Å². The maximum absolute atomic E-state index is 12.5. The van der Waals surface area contributed by atoms with Gasteiger partial charge in [0, 0.05) is 32.6 Å². The molecule has 0 fully saturated rings. The number of carbonyl (C=O) groups excluding carboxylic acids is 2. The summed E-state index contributed by atoms with van der Waals surface area (Å²) in [5.41, 5.74) is 2.83. The lowest BCUT2D eigenvalue weighted by Crippen LogP contribution is -1.97. The van der Waals surface area contributed by atoms with Gasteiger partial charge in [-0.2, -0.15) is 22.7 Å². The Morgan fingerprint density at radius 1 is 0.682 bits per heavy atom. The highest BCUT2D eigenvalue weighted by atomic mass is 32.1. The van der Waals surface area contributed by atoms with Crippen molar-refractivity contribution in [2.45, 2.75) is 0 Å². The van der Waals surface area contributed by atoms with Crippen molar-refractivity contribution in [1.82, 2.24) is 0 Å². The highest BCUT2D eigenvalue weighted by molar-refractivity contribution is 7.27. The fourth-order valence-corrected chi connectivity index (χ4v) is 5.86. The lowest BCUT2D eigenvalue weighted by molar-refractivity contribution is 0.103. The molecule has 0 N–H and O–H groups in total. The maximum atomic E-state index is 12.5. The van der Waals surface area contributed by atoms with Crippen molar-refractivity contribution in [3.05, 3.63) is 66.7 Å². The van der Waals surface area contributed by atoms with Crippen LogP contribution in [0.5, 0.6) is 0 Å². The molecule has 0 saturated carbocycles. The number of hydrogen-bond donors (Lipinski definition) is 0. The largest absolute Gasteiger partial charge is 0.288 e. The van der Waals surface area contributed by atoms with Crippen LogP contribution in [0.3, 0.4) is 0 Å². The molecule has 108 valence electrons. The average Bonchev–Trinajstić information content (AvgIpc) is 3.30. The average molecular weight is 361 g/mol. The van der Waals surface area contributed by atoms with Crippen LogP contribution >= 0.6 is 45.3 Å². The Balaban J connectivity index is 1.79. The number of hydrogen-bond acceptors (Lipinski definition) is 6. The molecule has 4 heterocycles. The summed E-state index contributed by atoms with van der Waals surface area (Å²) in [6.45, 7) is 0. The molecule has 2 nitrogen and oxygen atoms in total. The summed E-state index contributed by atoms with van der Waals surface area (Å²) in [7, 11) is 0. The zero-order valence-electron chi connectivity index (χ0n) is 11.1. The van der Waals surface area contributed by atoms with Crippen LogP contribution in [0.2, 0.25) is 0 Å². The van der Waals surface area contributed by atoms with E-state index in [2.05, 4.69) is 0 Å². The monoisotopic (exact) mass is 360 g/mol. The van der Waals surface area contributed by atoms with Crippen molar-refractivity contribution in [2.24, 2.45) is 0 Å². The normalized spacial score (nSPS) is 11.1. The van der Waals surface area contributed by atoms with Gasteiger partial charge < -0.3 is 0 Å². The van der Waals surface area contributed by atoms with Crippen molar-refractivity contribution in [3.63, 3.8) is 0 Å². The van der Waals surface area contributed by atoms with Crippen molar-refractivity contribution in [2.75, 3.05) is 0 Å². The highest BCUT2D eigenvalue weighted by Gasteiger charge is 2.21. The molecule has 0 aliphatic carbocycles. The Bertz CT molecular complexity index is 875. The minimum Gasteiger partial charge on any atom is -0.288 e. The van der Waals surface area contributed by atoms with Crippen molar-refractivity contribution in [3.8, 4) is 0 Å². The van der Waals surface area contributed by atoms with E-state index >= 15 is 0 Å². The number of fused-ring (bicyclic) bond motifs is 1. The standard InChI is InChI=1S/C16H8O2S4/c17-13(9-1-3-19-5-9)11-7-21-16-12(8-22-15(11)16)14(18)10-2-4-20-6-10/h1-8H. The van der Waals surface area contributed by atoms with E-state index in [1.165, 1.54) is 45.3 Å². The predicted molar refractivity (Wildman–Crippen MR) is 95.2 cm³/mol. The number of carbonyl (C=O) groups is 2. The van der Waals surface area contributed by atoms with Crippen LogP contribution in [0.1, 0.15) is 31.8 Å². The molecule has 4 aromatic rings. The third-order valence-electron chi connectivity index (χ3n) is 3.34. The topological polar surface area (TPSA) is 34.1 Å². The fourth-order valence-electron chi connectivity index (χ4n) is 2.23. The molecule has 0 unspecified atom stereocenters. The number of thiophene rings is 4. The summed E-state index contributed by atoms with van der Waals surface area (Å²) < 4.78 is 1.83. The lowest BCUT2D eigenvalue weighted by atomic mass is 10.1. The van der Waals surface area contributed by atoms with Gasteiger partial charge in [0.2, 0.25) is 0 Å². The van der Waals surface area contributed by atoms with Crippen LogP contribution in [0.25, 0.3) is 9.40 Å². The Labute approximate surface area is 142 Å². The van der Waals surface area contributed by atoms with Crippen LogP contribution < -0.4 is 0 Å². The molecular formula is C16H8O2S4. The van der Waals surface area contributed by atoms with Gasteiger partial charge in [0.1, 0.15) is 0 Å². The SMILES string of the molecule is O=C(c1ccsc1)c1csc2c(C(=O)c3ccsc3)csc12. The molecule has 0 saturated heterocycles. The Hall–Kier alpha value is -1.60. The molecule has 0 atom stereocenters. The molecule has 4 rings (SSSR count). The Morgan fingerprint density at radius 3 is 1.50 bits per heavy atom. The minimum atomic E-state index is 0.0314. The van der Waals surface area contributed by atoms with Gasteiger partial charge in [0.05, 0.1) is 20.5 Å². The molecule has 0 aromatic carbocycles. The third-order valence-corrected chi connectivity index (χ3v) is 6.86. The van der Waals surface area contributed by atoms with E-state index in [1.54, 1.807) is 0 Å². The van der Waals surface area contributed by atoms with Crippen LogP contribution in [0, 0.1) is 0 Å². The van der Waals surface area contributed by atoms with Crippen molar-refractivity contribution in [1.29, 1.82) is 0 Å². The third kappa shape index (κ3) is 2.19. The first-order valence-corrected chi connectivity index (χ1v) is 10.0. The maximum Gasteiger partial charge on any atom is 0.196 e. The summed E-state index contributed by atoms with van der Waals surface area (Å²) in [5.74, 6) is 0.0627. The Kier molecular flexibility index (Phi) is 3.54. The molecule has 0 bridgehead atoms. The lowest BCUT2D eigenvalue weighted by Gasteiger charge is -1.94. The molecule has 22 heavy (non-hydrogen) atoms. The summed E-state index contributed by atoms with van der Waals surface area (Å²) >= 11 is 5.97. The van der Waals surface area contributed by atoms with Crippen LogP contribution in [0.15, 0.2) is 44.4 Å². The molecule has 0 aliphatic heterocycles. The van der Waals surface area contributed by atoms with Crippen molar-refractivity contribution < 1.29 is 9.59 Å². The first kappa shape index (κ1) is 14.0. The van der Waals surface area contributed by atoms with E-state index in [0.29, 0.717) is 22.3 Å². The summed E-state index contributed by atoms with van der Waals surface area (Å²) in [6.07, 6.45) is 0. The summed E-state index contributed by atoms with van der Waals surface area (Å²) in [4.78, 5) is 25.1. The molecule has 0 amide bonds. The van der Waals surface area contributed by atoms with Gasteiger partial charge in [0.15, 0.2) is 11.6 Å². The second kappa shape index (κ2) is 5.55. The van der Waals surface area contributed by atoms with Gasteiger partial charge in [-0.15, -0.1) is 22.7 Å². The second-order valence-electron chi connectivity index (χ2n) is 4.64.